The summed E-state index contributed by atoms with van der Waals surface area (Å²) >= 11 is 1.85. The van der Waals surface area contributed by atoms with Gasteiger partial charge in [0.15, 0.2) is 0 Å². The molecule has 0 radical (unpaired) electrons. The van der Waals surface area contributed by atoms with E-state index in [4.69, 9.17) is 4.74 Å². The van der Waals surface area contributed by atoms with E-state index in [2.05, 4.69) is 11.4 Å². The summed E-state index contributed by atoms with van der Waals surface area (Å²) in [4.78, 5) is 1.50. The van der Waals surface area contributed by atoms with E-state index in [0.717, 1.165) is 25.9 Å². The predicted molar refractivity (Wildman–Crippen MR) is 74.2 cm³/mol. The number of aliphatic hydroxyl groups excluding tert-OH is 1. The molecule has 0 saturated carbocycles. The van der Waals surface area contributed by atoms with Gasteiger partial charge in [0.2, 0.25) is 0 Å². The lowest BCUT2D eigenvalue weighted by Gasteiger charge is -2.27. The summed E-state index contributed by atoms with van der Waals surface area (Å²) in [6.07, 6.45) is 8.11. The largest absolute Gasteiger partial charge is 0.392 e. The van der Waals surface area contributed by atoms with Crippen LogP contribution in [0, 0.1) is 0 Å². The third-order valence-corrected chi connectivity index (χ3v) is 5.37. The summed E-state index contributed by atoms with van der Waals surface area (Å²) in [5.41, 5.74) is 1.42. The number of fused-ring (bicyclic) bond motifs is 1. The van der Waals surface area contributed by atoms with Crippen molar-refractivity contribution in [2.75, 3.05) is 6.61 Å². The molecule has 3 unspecified atom stereocenters. The molecule has 3 rings (SSSR count). The summed E-state index contributed by atoms with van der Waals surface area (Å²) in [6.45, 7) is 0.916. The first-order chi connectivity index (χ1) is 8.84. The number of thiophene rings is 1. The van der Waals surface area contributed by atoms with Crippen LogP contribution in [0.3, 0.4) is 0 Å². The summed E-state index contributed by atoms with van der Waals surface area (Å²) in [5, 5.41) is 12.6. The third kappa shape index (κ3) is 2.63. The standard InChI is InChI=1S/C15H22O2S/c16-14(7-6-11-3-2-9-17-11)12-4-1-5-15-13(12)8-10-18-15/h8,10-12,14,16H,1-7,9H2. The zero-order valence-electron chi connectivity index (χ0n) is 10.8. The van der Waals surface area contributed by atoms with Crippen molar-refractivity contribution in [2.45, 2.75) is 63.1 Å². The number of ether oxygens (including phenoxy) is 1. The minimum atomic E-state index is -0.178. The van der Waals surface area contributed by atoms with E-state index in [0.29, 0.717) is 12.0 Å². The van der Waals surface area contributed by atoms with E-state index >= 15 is 0 Å². The fraction of sp³-hybridized carbons (Fsp3) is 0.733. The highest BCUT2D eigenvalue weighted by Gasteiger charge is 2.28. The van der Waals surface area contributed by atoms with Crippen LogP contribution in [0.2, 0.25) is 0 Å². The van der Waals surface area contributed by atoms with Crippen molar-refractivity contribution in [2.24, 2.45) is 0 Å². The number of hydrogen-bond donors (Lipinski definition) is 1. The Kier molecular flexibility index (Phi) is 4.02. The van der Waals surface area contributed by atoms with Gasteiger partial charge in [-0.3, -0.25) is 0 Å². The summed E-state index contributed by atoms with van der Waals surface area (Å²) in [6, 6.07) is 2.22. The lowest BCUT2D eigenvalue weighted by atomic mass is 9.82. The van der Waals surface area contributed by atoms with Gasteiger partial charge in [-0.15, -0.1) is 11.3 Å². The molecule has 2 heterocycles. The highest BCUT2D eigenvalue weighted by atomic mass is 32.1. The lowest BCUT2D eigenvalue weighted by Crippen LogP contribution is -2.23. The van der Waals surface area contributed by atoms with Gasteiger partial charge in [-0.05, 0) is 62.0 Å². The Morgan fingerprint density at radius 3 is 3.17 bits per heavy atom. The first kappa shape index (κ1) is 12.6. The van der Waals surface area contributed by atoms with Gasteiger partial charge in [0, 0.05) is 17.4 Å². The topological polar surface area (TPSA) is 29.5 Å². The van der Waals surface area contributed by atoms with Crippen LogP contribution >= 0.6 is 11.3 Å². The average Bonchev–Trinajstić information content (AvgIpc) is 3.05. The number of aliphatic hydroxyl groups is 1. The molecule has 1 fully saturated rings. The van der Waals surface area contributed by atoms with E-state index < -0.39 is 0 Å². The van der Waals surface area contributed by atoms with Gasteiger partial charge in [0.1, 0.15) is 0 Å². The Morgan fingerprint density at radius 1 is 1.39 bits per heavy atom. The van der Waals surface area contributed by atoms with Crippen LogP contribution in [0.4, 0.5) is 0 Å². The molecule has 1 aromatic rings. The molecular formula is C15H22O2S. The fourth-order valence-corrected chi connectivity index (χ4v) is 4.35. The molecule has 1 aliphatic carbocycles. The van der Waals surface area contributed by atoms with Crippen molar-refractivity contribution in [1.29, 1.82) is 0 Å². The van der Waals surface area contributed by atoms with Gasteiger partial charge in [-0.1, -0.05) is 0 Å². The molecule has 0 amide bonds. The average molecular weight is 266 g/mol. The molecular weight excluding hydrogens is 244 g/mol. The number of rotatable bonds is 4. The van der Waals surface area contributed by atoms with E-state index in [1.165, 1.54) is 36.1 Å². The summed E-state index contributed by atoms with van der Waals surface area (Å²) in [7, 11) is 0. The molecule has 2 aliphatic rings. The van der Waals surface area contributed by atoms with Crippen molar-refractivity contribution in [3.05, 3.63) is 21.9 Å². The second-order valence-corrected chi connectivity index (χ2v) is 6.58. The quantitative estimate of drug-likeness (QED) is 0.904. The van der Waals surface area contributed by atoms with Crippen molar-refractivity contribution in [3.8, 4) is 0 Å². The zero-order chi connectivity index (χ0) is 12.4. The number of hydrogen-bond acceptors (Lipinski definition) is 3. The highest BCUT2D eigenvalue weighted by Crippen LogP contribution is 2.38. The van der Waals surface area contributed by atoms with Crippen molar-refractivity contribution in [3.63, 3.8) is 0 Å². The minimum Gasteiger partial charge on any atom is -0.392 e. The van der Waals surface area contributed by atoms with Gasteiger partial charge in [-0.25, -0.2) is 0 Å². The maximum Gasteiger partial charge on any atom is 0.0610 e. The van der Waals surface area contributed by atoms with E-state index in [1.54, 1.807) is 0 Å². The van der Waals surface area contributed by atoms with Gasteiger partial charge < -0.3 is 9.84 Å². The van der Waals surface area contributed by atoms with Crippen LogP contribution in [-0.4, -0.2) is 23.9 Å². The van der Waals surface area contributed by atoms with Crippen LogP contribution in [0.25, 0.3) is 0 Å². The smallest absolute Gasteiger partial charge is 0.0610 e. The molecule has 0 spiro atoms. The second kappa shape index (κ2) is 5.72. The molecule has 18 heavy (non-hydrogen) atoms. The molecule has 3 heteroatoms. The molecule has 2 nitrogen and oxygen atoms in total. The summed E-state index contributed by atoms with van der Waals surface area (Å²) < 4.78 is 5.64. The first-order valence-electron chi connectivity index (χ1n) is 7.20. The van der Waals surface area contributed by atoms with Gasteiger partial charge in [-0.2, -0.15) is 0 Å². The Labute approximate surface area is 113 Å². The van der Waals surface area contributed by atoms with Crippen molar-refractivity contribution < 1.29 is 9.84 Å². The monoisotopic (exact) mass is 266 g/mol. The molecule has 1 aromatic heterocycles. The van der Waals surface area contributed by atoms with Crippen LogP contribution in [0.5, 0.6) is 0 Å². The SMILES string of the molecule is OC(CCC1CCCO1)C1CCCc2sccc21. The van der Waals surface area contributed by atoms with E-state index in [1.807, 2.05) is 11.3 Å². The molecule has 1 N–H and O–H groups in total. The normalized spacial score (nSPS) is 29.2. The highest BCUT2D eigenvalue weighted by molar-refractivity contribution is 7.10. The maximum atomic E-state index is 10.4. The molecule has 1 aliphatic heterocycles. The Hall–Kier alpha value is -0.380. The zero-order valence-corrected chi connectivity index (χ0v) is 11.6. The van der Waals surface area contributed by atoms with E-state index in [9.17, 15) is 5.11 Å². The van der Waals surface area contributed by atoms with Gasteiger partial charge >= 0.3 is 0 Å². The minimum absolute atomic E-state index is 0.178. The molecule has 0 aromatic carbocycles. The van der Waals surface area contributed by atoms with Crippen LogP contribution in [-0.2, 0) is 11.2 Å². The Balaban J connectivity index is 1.58. The van der Waals surface area contributed by atoms with Gasteiger partial charge in [0.05, 0.1) is 12.2 Å². The second-order valence-electron chi connectivity index (χ2n) is 5.58. The number of aryl methyl sites for hydroxylation is 1. The van der Waals surface area contributed by atoms with Crippen molar-refractivity contribution >= 4 is 11.3 Å². The Morgan fingerprint density at radius 2 is 2.33 bits per heavy atom. The molecule has 1 saturated heterocycles. The fourth-order valence-electron chi connectivity index (χ4n) is 3.35. The summed E-state index contributed by atoms with van der Waals surface area (Å²) in [5.74, 6) is 0.376. The Bertz CT molecular complexity index is 382. The van der Waals surface area contributed by atoms with Crippen LogP contribution in [0.1, 0.15) is 54.9 Å². The molecule has 0 bridgehead atoms. The maximum absolute atomic E-state index is 10.4. The molecule has 100 valence electrons. The van der Waals surface area contributed by atoms with Crippen molar-refractivity contribution in [1.82, 2.24) is 0 Å². The van der Waals surface area contributed by atoms with Crippen LogP contribution < -0.4 is 0 Å². The van der Waals surface area contributed by atoms with E-state index in [-0.39, 0.29) is 6.10 Å². The predicted octanol–water partition coefficient (Wildman–Crippen LogP) is 3.49. The van der Waals surface area contributed by atoms with Gasteiger partial charge in [0.25, 0.3) is 0 Å². The third-order valence-electron chi connectivity index (χ3n) is 4.37. The lowest BCUT2D eigenvalue weighted by molar-refractivity contribution is 0.0705. The molecule has 3 atom stereocenters. The van der Waals surface area contributed by atoms with Crippen LogP contribution in [0.15, 0.2) is 11.4 Å². The first-order valence-corrected chi connectivity index (χ1v) is 8.08.